The van der Waals surface area contributed by atoms with Crippen molar-refractivity contribution in [3.63, 3.8) is 0 Å². The van der Waals surface area contributed by atoms with Crippen LogP contribution in [0.2, 0.25) is 0 Å². The Balaban J connectivity index is 1.89. The summed E-state index contributed by atoms with van der Waals surface area (Å²) in [4.78, 5) is 6.98. The molecule has 1 aliphatic heterocycles. The molecule has 0 bridgehead atoms. The van der Waals surface area contributed by atoms with Gasteiger partial charge >= 0.3 is 0 Å². The SMILES string of the molecule is COC1CCN(C(=NC2CCCC2)NN)CC1. The second kappa shape index (κ2) is 6.21. The Morgan fingerprint density at radius 1 is 1.24 bits per heavy atom. The molecule has 1 aliphatic carbocycles. The predicted molar refractivity (Wildman–Crippen MR) is 68.6 cm³/mol. The summed E-state index contributed by atoms with van der Waals surface area (Å²) in [6, 6.07) is 0.473. The molecule has 17 heavy (non-hydrogen) atoms. The third-order valence-corrected chi connectivity index (χ3v) is 3.83. The lowest BCUT2D eigenvalue weighted by Gasteiger charge is -2.33. The lowest BCUT2D eigenvalue weighted by molar-refractivity contribution is 0.0570. The van der Waals surface area contributed by atoms with Gasteiger partial charge in [-0.2, -0.15) is 0 Å². The number of hydrogen-bond acceptors (Lipinski definition) is 3. The van der Waals surface area contributed by atoms with E-state index in [1.165, 1.54) is 25.7 Å². The molecule has 1 saturated heterocycles. The first kappa shape index (κ1) is 12.6. The molecule has 2 aliphatic rings. The minimum Gasteiger partial charge on any atom is -0.381 e. The molecule has 0 aromatic carbocycles. The Labute approximate surface area is 103 Å². The Morgan fingerprint density at radius 2 is 1.88 bits per heavy atom. The standard InChI is InChI=1S/C12H24N4O/c1-17-11-6-8-16(9-7-11)12(15-13)14-10-4-2-3-5-10/h10-11H,2-9,13H2,1H3,(H,14,15). The lowest BCUT2D eigenvalue weighted by atomic mass is 10.1. The van der Waals surface area contributed by atoms with E-state index in [2.05, 4.69) is 10.3 Å². The molecule has 2 rings (SSSR count). The third-order valence-electron chi connectivity index (χ3n) is 3.83. The van der Waals surface area contributed by atoms with Crippen molar-refractivity contribution in [2.45, 2.75) is 50.7 Å². The normalized spacial score (nSPS) is 24.4. The Bertz CT molecular complexity index is 255. The zero-order valence-corrected chi connectivity index (χ0v) is 10.7. The van der Waals surface area contributed by atoms with Crippen LogP contribution in [0.3, 0.4) is 0 Å². The van der Waals surface area contributed by atoms with E-state index in [1.54, 1.807) is 7.11 Å². The number of hydrazine groups is 1. The molecular weight excluding hydrogens is 216 g/mol. The number of nitrogens with zero attached hydrogens (tertiary/aromatic N) is 2. The Hall–Kier alpha value is -0.810. The number of piperidine rings is 1. The Morgan fingerprint density at radius 3 is 2.41 bits per heavy atom. The van der Waals surface area contributed by atoms with Crippen LogP contribution in [0.15, 0.2) is 4.99 Å². The van der Waals surface area contributed by atoms with Crippen molar-refractivity contribution < 1.29 is 4.74 Å². The fraction of sp³-hybridized carbons (Fsp3) is 0.917. The van der Waals surface area contributed by atoms with E-state index in [0.29, 0.717) is 12.1 Å². The predicted octanol–water partition coefficient (Wildman–Crippen LogP) is 0.859. The fourth-order valence-corrected chi connectivity index (χ4v) is 2.72. The summed E-state index contributed by atoms with van der Waals surface area (Å²) in [6.45, 7) is 1.96. The highest BCUT2D eigenvalue weighted by Gasteiger charge is 2.22. The van der Waals surface area contributed by atoms with E-state index in [0.717, 1.165) is 31.9 Å². The maximum atomic E-state index is 5.60. The van der Waals surface area contributed by atoms with Gasteiger partial charge in [0, 0.05) is 20.2 Å². The smallest absolute Gasteiger partial charge is 0.208 e. The molecule has 0 aromatic heterocycles. The monoisotopic (exact) mass is 240 g/mol. The summed E-state index contributed by atoms with van der Waals surface area (Å²) in [7, 11) is 1.79. The van der Waals surface area contributed by atoms with E-state index in [9.17, 15) is 0 Å². The molecule has 2 fully saturated rings. The maximum absolute atomic E-state index is 5.60. The van der Waals surface area contributed by atoms with E-state index < -0.39 is 0 Å². The number of nitrogens with two attached hydrogens (primary N) is 1. The number of nitrogens with one attached hydrogen (secondary N) is 1. The van der Waals surface area contributed by atoms with Gasteiger partial charge in [0.25, 0.3) is 0 Å². The number of ether oxygens (including phenoxy) is 1. The number of aliphatic imine (C=N–C) groups is 1. The molecule has 0 unspecified atom stereocenters. The summed E-state index contributed by atoms with van der Waals surface area (Å²) < 4.78 is 5.37. The highest BCUT2D eigenvalue weighted by molar-refractivity contribution is 5.79. The van der Waals surface area contributed by atoms with Gasteiger partial charge < -0.3 is 9.64 Å². The number of guanidine groups is 1. The molecular formula is C12H24N4O. The fourth-order valence-electron chi connectivity index (χ4n) is 2.72. The van der Waals surface area contributed by atoms with Gasteiger partial charge in [0.05, 0.1) is 12.1 Å². The first-order chi connectivity index (χ1) is 8.33. The molecule has 3 N–H and O–H groups in total. The average molecular weight is 240 g/mol. The van der Waals surface area contributed by atoms with Crippen molar-refractivity contribution in [2.75, 3.05) is 20.2 Å². The van der Waals surface area contributed by atoms with E-state index in [-0.39, 0.29) is 0 Å². The van der Waals surface area contributed by atoms with Gasteiger partial charge in [0.15, 0.2) is 0 Å². The van der Waals surface area contributed by atoms with Gasteiger partial charge in [-0.1, -0.05) is 12.8 Å². The van der Waals surface area contributed by atoms with Crippen molar-refractivity contribution >= 4 is 5.96 Å². The highest BCUT2D eigenvalue weighted by atomic mass is 16.5. The van der Waals surface area contributed by atoms with Crippen LogP contribution in [0.1, 0.15) is 38.5 Å². The molecule has 5 nitrogen and oxygen atoms in total. The average Bonchev–Trinajstić information content (AvgIpc) is 2.89. The minimum absolute atomic E-state index is 0.400. The number of rotatable bonds is 2. The topological polar surface area (TPSA) is 62.9 Å². The molecule has 98 valence electrons. The second-order valence-corrected chi connectivity index (χ2v) is 4.96. The minimum atomic E-state index is 0.400. The van der Waals surface area contributed by atoms with Crippen molar-refractivity contribution in [3.05, 3.63) is 0 Å². The van der Waals surface area contributed by atoms with E-state index >= 15 is 0 Å². The highest BCUT2D eigenvalue weighted by Crippen LogP contribution is 2.21. The van der Waals surface area contributed by atoms with Crippen LogP contribution in [0.25, 0.3) is 0 Å². The lowest BCUT2D eigenvalue weighted by Crippen LogP contribution is -2.49. The van der Waals surface area contributed by atoms with Gasteiger partial charge in [-0.15, -0.1) is 0 Å². The number of methoxy groups -OCH3 is 1. The van der Waals surface area contributed by atoms with Crippen LogP contribution in [0, 0.1) is 0 Å². The quantitative estimate of drug-likeness (QED) is 0.325. The number of hydrogen-bond donors (Lipinski definition) is 2. The molecule has 0 radical (unpaired) electrons. The zero-order valence-electron chi connectivity index (χ0n) is 10.7. The van der Waals surface area contributed by atoms with Crippen LogP contribution in [-0.4, -0.2) is 43.2 Å². The largest absolute Gasteiger partial charge is 0.381 e. The summed E-state index contributed by atoms with van der Waals surface area (Å²) in [5.74, 6) is 6.46. The van der Waals surface area contributed by atoms with E-state index in [4.69, 9.17) is 15.6 Å². The Kier molecular flexibility index (Phi) is 4.62. The van der Waals surface area contributed by atoms with Crippen molar-refractivity contribution in [3.8, 4) is 0 Å². The molecule has 0 spiro atoms. The van der Waals surface area contributed by atoms with Gasteiger partial charge in [-0.3, -0.25) is 5.43 Å². The van der Waals surface area contributed by atoms with Crippen molar-refractivity contribution in [2.24, 2.45) is 10.8 Å². The second-order valence-electron chi connectivity index (χ2n) is 4.96. The maximum Gasteiger partial charge on any atom is 0.208 e. The van der Waals surface area contributed by atoms with Crippen molar-refractivity contribution in [1.29, 1.82) is 0 Å². The van der Waals surface area contributed by atoms with Crippen LogP contribution >= 0.6 is 0 Å². The first-order valence-corrected chi connectivity index (χ1v) is 6.65. The zero-order chi connectivity index (χ0) is 12.1. The van der Waals surface area contributed by atoms with Gasteiger partial charge in [-0.25, -0.2) is 10.8 Å². The molecule has 1 saturated carbocycles. The van der Waals surface area contributed by atoms with Gasteiger partial charge in [0.2, 0.25) is 5.96 Å². The summed E-state index contributed by atoms with van der Waals surface area (Å²) in [6.07, 6.45) is 7.54. The molecule has 0 atom stereocenters. The number of likely N-dealkylation sites (tertiary alicyclic amines) is 1. The van der Waals surface area contributed by atoms with Gasteiger partial charge in [0.1, 0.15) is 0 Å². The van der Waals surface area contributed by atoms with Crippen LogP contribution in [0.4, 0.5) is 0 Å². The van der Waals surface area contributed by atoms with Crippen LogP contribution < -0.4 is 11.3 Å². The molecule has 5 heteroatoms. The van der Waals surface area contributed by atoms with Crippen LogP contribution in [-0.2, 0) is 4.74 Å². The summed E-state index contributed by atoms with van der Waals surface area (Å²) >= 11 is 0. The van der Waals surface area contributed by atoms with E-state index in [1.807, 2.05) is 0 Å². The van der Waals surface area contributed by atoms with Crippen LogP contribution in [0.5, 0.6) is 0 Å². The van der Waals surface area contributed by atoms with Crippen molar-refractivity contribution in [1.82, 2.24) is 10.3 Å². The first-order valence-electron chi connectivity index (χ1n) is 6.65. The third kappa shape index (κ3) is 3.33. The molecule has 0 aromatic rings. The molecule has 0 amide bonds. The van der Waals surface area contributed by atoms with Gasteiger partial charge in [-0.05, 0) is 25.7 Å². The molecule has 1 heterocycles. The summed E-state index contributed by atoms with van der Waals surface area (Å²) in [5.41, 5.74) is 2.77. The summed E-state index contributed by atoms with van der Waals surface area (Å²) in [5, 5.41) is 0.